The van der Waals surface area contributed by atoms with E-state index in [4.69, 9.17) is 5.26 Å². The van der Waals surface area contributed by atoms with Crippen LogP contribution < -0.4 is 5.32 Å². The molecule has 0 unspecified atom stereocenters. The summed E-state index contributed by atoms with van der Waals surface area (Å²) >= 11 is 0. The number of anilines is 1. The molecule has 0 heterocycles. The van der Waals surface area contributed by atoms with Gasteiger partial charge in [0, 0.05) is 32.1 Å². The first-order chi connectivity index (χ1) is 11.9. The summed E-state index contributed by atoms with van der Waals surface area (Å²) in [5.41, 5.74) is 1.37. The first-order valence-corrected chi connectivity index (χ1v) is 9.16. The van der Waals surface area contributed by atoms with Crippen molar-refractivity contribution >= 4 is 21.6 Å². The van der Waals surface area contributed by atoms with E-state index in [1.807, 2.05) is 36.4 Å². The fraction of sp³-hybridized carbons (Fsp3) is 0.222. The number of sulfonamides is 1. The van der Waals surface area contributed by atoms with Crippen molar-refractivity contribution in [2.24, 2.45) is 0 Å². The molecule has 0 saturated heterocycles. The normalized spacial score (nSPS) is 11.1. The molecule has 130 valence electrons. The summed E-state index contributed by atoms with van der Waals surface area (Å²) in [6.45, 7) is 1.69. The molecule has 0 aliphatic carbocycles. The van der Waals surface area contributed by atoms with Gasteiger partial charge in [-0.25, -0.2) is 8.42 Å². The van der Waals surface area contributed by atoms with Crippen molar-refractivity contribution < 1.29 is 13.2 Å². The van der Waals surface area contributed by atoms with Crippen molar-refractivity contribution in [3.05, 3.63) is 60.2 Å². The van der Waals surface area contributed by atoms with Crippen LogP contribution in [0, 0.1) is 11.3 Å². The van der Waals surface area contributed by atoms with Gasteiger partial charge in [-0.05, 0) is 29.8 Å². The number of nitrogens with one attached hydrogen (secondary N) is 1. The SMILES string of the molecule is CC(=O)Nc1ccc(S(=O)(=O)N(CCC#N)Cc2ccccc2)cc1. The summed E-state index contributed by atoms with van der Waals surface area (Å²) in [5, 5.41) is 11.4. The fourth-order valence-corrected chi connectivity index (χ4v) is 3.74. The lowest BCUT2D eigenvalue weighted by Crippen LogP contribution is -2.31. The quantitative estimate of drug-likeness (QED) is 0.825. The van der Waals surface area contributed by atoms with Crippen LogP contribution in [0.25, 0.3) is 0 Å². The molecule has 0 radical (unpaired) electrons. The van der Waals surface area contributed by atoms with Gasteiger partial charge in [-0.3, -0.25) is 4.79 Å². The van der Waals surface area contributed by atoms with E-state index in [1.54, 1.807) is 12.1 Å². The van der Waals surface area contributed by atoms with Crippen molar-refractivity contribution in [2.45, 2.75) is 24.8 Å². The molecule has 1 amide bonds. The maximum absolute atomic E-state index is 12.9. The van der Waals surface area contributed by atoms with Gasteiger partial charge in [0.1, 0.15) is 0 Å². The summed E-state index contributed by atoms with van der Waals surface area (Å²) in [6, 6.07) is 17.2. The average Bonchev–Trinajstić information content (AvgIpc) is 2.59. The second-order valence-electron chi connectivity index (χ2n) is 5.44. The number of amides is 1. The van der Waals surface area contributed by atoms with E-state index in [0.717, 1.165) is 5.56 Å². The van der Waals surface area contributed by atoms with Gasteiger partial charge in [0.2, 0.25) is 15.9 Å². The fourth-order valence-electron chi connectivity index (χ4n) is 2.31. The topological polar surface area (TPSA) is 90.3 Å². The third kappa shape index (κ3) is 5.14. The van der Waals surface area contributed by atoms with Gasteiger partial charge in [0.05, 0.1) is 11.0 Å². The molecule has 1 N–H and O–H groups in total. The predicted octanol–water partition coefficient (Wildman–Crippen LogP) is 2.75. The highest BCUT2D eigenvalue weighted by atomic mass is 32.2. The zero-order valence-electron chi connectivity index (χ0n) is 13.8. The lowest BCUT2D eigenvalue weighted by Gasteiger charge is -2.21. The van der Waals surface area contributed by atoms with E-state index >= 15 is 0 Å². The third-order valence-electron chi connectivity index (χ3n) is 3.49. The van der Waals surface area contributed by atoms with Crippen LogP contribution in [-0.4, -0.2) is 25.2 Å². The lowest BCUT2D eigenvalue weighted by atomic mass is 10.2. The molecule has 7 heteroatoms. The van der Waals surface area contributed by atoms with Crippen LogP contribution in [-0.2, 0) is 21.4 Å². The zero-order chi connectivity index (χ0) is 18.3. The number of carbonyl (C=O) groups is 1. The summed E-state index contributed by atoms with van der Waals surface area (Å²) in [6.07, 6.45) is 0.107. The third-order valence-corrected chi connectivity index (χ3v) is 5.35. The second kappa shape index (κ2) is 8.42. The number of benzene rings is 2. The van der Waals surface area contributed by atoms with Gasteiger partial charge < -0.3 is 5.32 Å². The Labute approximate surface area is 147 Å². The Hall–Kier alpha value is -2.69. The average molecular weight is 357 g/mol. The molecule has 0 aliphatic rings. The molecule has 2 aromatic carbocycles. The Balaban J connectivity index is 2.27. The minimum absolute atomic E-state index is 0.107. The van der Waals surface area contributed by atoms with Gasteiger partial charge in [-0.2, -0.15) is 9.57 Å². The van der Waals surface area contributed by atoms with E-state index in [0.29, 0.717) is 5.69 Å². The van der Waals surface area contributed by atoms with E-state index in [2.05, 4.69) is 5.32 Å². The first kappa shape index (κ1) is 18.6. The Morgan fingerprint density at radius 3 is 2.32 bits per heavy atom. The monoisotopic (exact) mass is 357 g/mol. The van der Waals surface area contributed by atoms with Gasteiger partial charge in [-0.15, -0.1) is 0 Å². The number of hydrogen-bond acceptors (Lipinski definition) is 4. The zero-order valence-corrected chi connectivity index (χ0v) is 14.7. The van der Waals surface area contributed by atoms with Crippen LogP contribution in [0.15, 0.2) is 59.5 Å². The van der Waals surface area contributed by atoms with Crippen molar-refractivity contribution in [3.63, 3.8) is 0 Å². The minimum Gasteiger partial charge on any atom is -0.326 e. The summed E-state index contributed by atoms with van der Waals surface area (Å²) in [5.74, 6) is -0.227. The summed E-state index contributed by atoms with van der Waals surface area (Å²) in [7, 11) is -3.75. The molecular formula is C18H19N3O3S. The molecule has 6 nitrogen and oxygen atoms in total. The highest BCUT2D eigenvalue weighted by Crippen LogP contribution is 2.21. The second-order valence-corrected chi connectivity index (χ2v) is 7.38. The molecule has 25 heavy (non-hydrogen) atoms. The van der Waals surface area contributed by atoms with Crippen molar-refractivity contribution in [1.82, 2.24) is 4.31 Å². The van der Waals surface area contributed by atoms with Gasteiger partial charge in [0.15, 0.2) is 0 Å². The predicted molar refractivity (Wildman–Crippen MR) is 95.0 cm³/mol. The standard InChI is InChI=1S/C18H19N3O3S/c1-15(22)20-17-8-10-18(11-9-17)25(23,24)21(13-5-12-19)14-16-6-3-2-4-7-16/h2-4,6-11H,5,13-14H2,1H3,(H,20,22). The van der Waals surface area contributed by atoms with E-state index in [-0.39, 0.29) is 30.3 Å². The highest BCUT2D eigenvalue weighted by Gasteiger charge is 2.24. The summed E-state index contributed by atoms with van der Waals surface area (Å²) in [4.78, 5) is 11.2. The lowest BCUT2D eigenvalue weighted by molar-refractivity contribution is -0.114. The Bertz CT molecular complexity index is 857. The van der Waals surface area contributed by atoms with E-state index in [9.17, 15) is 13.2 Å². The number of nitriles is 1. The molecule has 0 fully saturated rings. The Kier molecular flexibility index (Phi) is 6.28. The van der Waals surface area contributed by atoms with Crippen LogP contribution in [0.5, 0.6) is 0 Å². The maximum atomic E-state index is 12.9. The molecule has 2 aromatic rings. The number of hydrogen-bond donors (Lipinski definition) is 1. The molecule has 0 saturated carbocycles. The maximum Gasteiger partial charge on any atom is 0.243 e. The number of carbonyl (C=O) groups excluding carboxylic acids is 1. The van der Waals surface area contributed by atoms with Crippen LogP contribution >= 0.6 is 0 Å². The van der Waals surface area contributed by atoms with E-state index < -0.39 is 10.0 Å². The molecule has 0 aliphatic heterocycles. The van der Waals surface area contributed by atoms with Crippen molar-refractivity contribution in [2.75, 3.05) is 11.9 Å². The smallest absolute Gasteiger partial charge is 0.243 e. The molecule has 0 spiro atoms. The molecular weight excluding hydrogens is 338 g/mol. The van der Waals surface area contributed by atoms with Crippen molar-refractivity contribution in [1.29, 1.82) is 5.26 Å². The summed E-state index contributed by atoms with van der Waals surface area (Å²) < 4.78 is 27.1. The van der Waals surface area contributed by atoms with Gasteiger partial charge >= 0.3 is 0 Å². The Morgan fingerprint density at radius 2 is 1.76 bits per heavy atom. The van der Waals surface area contributed by atoms with Gasteiger partial charge in [0.25, 0.3) is 0 Å². The number of nitrogens with zero attached hydrogens (tertiary/aromatic N) is 2. The van der Waals surface area contributed by atoms with Crippen LogP contribution in [0.1, 0.15) is 18.9 Å². The van der Waals surface area contributed by atoms with E-state index in [1.165, 1.54) is 23.4 Å². The first-order valence-electron chi connectivity index (χ1n) is 7.72. The van der Waals surface area contributed by atoms with Gasteiger partial charge in [-0.1, -0.05) is 30.3 Å². The minimum atomic E-state index is -3.75. The molecule has 0 atom stereocenters. The number of rotatable bonds is 7. The van der Waals surface area contributed by atoms with Crippen LogP contribution in [0.3, 0.4) is 0 Å². The van der Waals surface area contributed by atoms with Crippen molar-refractivity contribution in [3.8, 4) is 6.07 Å². The molecule has 2 rings (SSSR count). The van der Waals surface area contributed by atoms with Crippen LogP contribution in [0.2, 0.25) is 0 Å². The highest BCUT2D eigenvalue weighted by molar-refractivity contribution is 7.89. The van der Waals surface area contributed by atoms with Crippen LogP contribution in [0.4, 0.5) is 5.69 Å². The molecule has 0 aromatic heterocycles. The Morgan fingerprint density at radius 1 is 1.12 bits per heavy atom. The molecule has 0 bridgehead atoms. The largest absolute Gasteiger partial charge is 0.326 e.